The molecular weight excluding hydrogens is 304 g/mol. The van der Waals surface area contributed by atoms with E-state index in [4.69, 9.17) is 0 Å². The van der Waals surface area contributed by atoms with E-state index in [1.807, 2.05) is 36.0 Å². The van der Waals surface area contributed by atoms with E-state index in [9.17, 15) is 9.59 Å². The van der Waals surface area contributed by atoms with Gasteiger partial charge in [-0.2, -0.15) is 0 Å². The first-order chi connectivity index (χ1) is 11.6. The third-order valence-corrected chi connectivity index (χ3v) is 3.87. The molecule has 0 saturated carbocycles. The Morgan fingerprint density at radius 2 is 1.88 bits per heavy atom. The number of aromatic nitrogens is 3. The molecule has 1 aromatic carbocycles. The maximum absolute atomic E-state index is 12.5. The summed E-state index contributed by atoms with van der Waals surface area (Å²) < 4.78 is 3.49. The zero-order chi connectivity index (χ0) is 17.1. The molecule has 24 heavy (non-hydrogen) atoms. The summed E-state index contributed by atoms with van der Waals surface area (Å²) in [5, 5.41) is 2.85. The van der Waals surface area contributed by atoms with Crippen molar-refractivity contribution in [1.29, 1.82) is 0 Å². The Morgan fingerprint density at radius 3 is 2.54 bits per heavy atom. The molecule has 3 aromatic rings. The maximum Gasteiger partial charge on any atom is 0.247 e. The van der Waals surface area contributed by atoms with Crippen molar-refractivity contribution in [1.82, 2.24) is 14.1 Å². The lowest BCUT2D eigenvalue weighted by molar-refractivity contribution is -0.118. The third-order valence-electron chi connectivity index (χ3n) is 3.87. The van der Waals surface area contributed by atoms with Gasteiger partial charge in [0.15, 0.2) is 5.82 Å². The fraction of sp³-hybridized carbons (Fsp3) is 0.167. The smallest absolute Gasteiger partial charge is 0.247 e. The summed E-state index contributed by atoms with van der Waals surface area (Å²) in [6.45, 7) is 1.82. The molecule has 0 bridgehead atoms. The molecule has 1 N–H and O–H groups in total. The minimum atomic E-state index is -0.339. The number of anilines is 1. The molecule has 1 atom stereocenters. The number of nitrogens with one attached hydrogen (secondary N) is 1. The number of amides is 1. The van der Waals surface area contributed by atoms with Gasteiger partial charge in [-0.05, 0) is 31.2 Å². The van der Waals surface area contributed by atoms with Gasteiger partial charge in [0.25, 0.3) is 0 Å². The highest BCUT2D eigenvalue weighted by molar-refractivity contribution is 6.07. The van der Waals surface area contributed by atoms with Crippen LogP contribution in [0.5, 0.6) is 0 Å². The van der Waals surface area contributed by atoms with Crippen molar-refractivity contribution in [2.75, 3.05) is 5.32 Å². The van der Waals surface area contributed by atoms with Crippen LogP contribution in [0, 0.1) is 0 Å². The molecule has 2 aromatic heterocycles. The minimum absolute atomic E-state index is 0.146. The Kier molecular flexibility index (Phi) is 4.29. The van der Waals surface area contributed by atoms with Gasteiger partial charge in [-0.3, -0.25) is 9.59 Å². The van der Waals surface area contributed by atoms with E-state index in [0.717, 1.165) is 0 Å². The van der Waals surface area contributed by atoms with Gasteiger partial charge in [0.1, 0.15) is 6.04 Å². The van der Waals surface area contributed by atoms with Crippen LogP contribution in [0.2, 0.25) is 0 Å². The number of rotatable bonds is 5. The molecule has 6 heteroatoms. The van der Waals surface area contributed by atoms with Crippen molar-refractivity contribution in [2.24, 2.45) is 7.05 Å². The number of carbonyl (C=O) groups excluding carboxylic acids is 2. The zero-order valence-electron chi connectivity index (χ0n) is 13.5. The summed E-state index contributed by atoms with van der Waals surface area (Å²) >= 11 is 0. The largest absolute Gasteiger partial charge is 0.342 e. The number of nitrogens with zero attached hydrogens (tertiary/aromatic N) is 3. The third kappa shape index (κ3) is 3.12. The van der Waals surface area contributed by atoms with E-state index in [-0.39, 0.29) is 17.7 Å². The molecule has 2 heterocycles. The number of hydrogen-bond donors (Lipinski definition) is 1. The van der Waals surface area contributed by atoms with E-state index in [1.165, 1.54) is 0 Å². The summed E-state index contributed by atoms with van der Waals surface area (Å²) in [6.07, 6.45) is 6.98. The fourth-order valence-electron chi connectivity index (χ4n) is 2.44. The first-order valence-electron chi connectivity index (χ1n) is 7.61. The highest BCUT2D eigenvalue weighted by Crippen LogP contribution is 2.16. The van der Waals surface area contributed by atoms with Crippen LogP contribution in [0.25, 0.3) is 0 Å². The van der Waals surface area contributed by atoms with Crippen LogP contribution in [-0.4, -0.2) is 25.8 Å². The van der Waals surface area contributed by atoms with Crippen LogP contribution in [0.15, 0.2) is 61.2 Å². The molecular formula is C18H18N4O2. The average molecular weight is 322 g/mol. The van der Waals surface area contributed by atoms with E-state index < -0.39 is 0 Å². The van der Waals surface area contributed by atoms with Crippen molar-refractivity contribution in [2.45, 2.75) is 13.0 Å². The molecule has 0 radical (unpaired) electrons. The summed E-state index contributed by atoms with van der Waals surface area (Å²) in [5.41, 5.74) is 1.06. The van der Waals surface area contributed by atoms with Crippen molar-refractivity contribution >= 4 is 17.4 Å². The number of imidazole rings is 1. The van der Waals surface area contributed by atoms with Gasteiger partial charge >= 0.3 is 0 Å². The lowest BCUT2D eigenvalue weighted by Crippen LogP contribution is -2.23. The van der Waals surface area contributed by atoms with Gasteiger partial charge in [-0.25, -0.2) is 4.98 Å². The average Bonchev–Trinajstić information content (AvgIpc) is 3.25. The lowest BCUT2D eigenvalue weighted by Gasteiger charge is -2.14. The highest BCUT2D eigenvalue weighted by Gasteiger charge is 2.16. The molecule has 1 amide bonds. The molecule has 0 fully saturated rings. The molecule has 3 rings (SSSR count). The second-order valence-corrected chi connectivity index (χ2v) is 5.57. The van der Waals surface area contributed by atoms with Crippen LogP contribution in [0.1, 0.15) is 29.1 Å². The SMILES string of the molecule is C[C@@H](C(=O)Nc1cccc(C(=O)c2nccn2C)c1)n1cccc1. The number of carbonyl (C=O) groups is 2. The predicted octanol–water partition coefficient (Wildman–Crippen LogP) is 2.65. The van der Waals surface area contributed by atoms with E-state index >= 15 is 0 Å². The Morgan fingerprint density at radius 1 is 1.12 bits per heavy atom. The first-order valence-corrected chi connectivity index (χ1v) is 7.61. The summed E-state index contributed by atoms with van der Waals surface area (Å²) in [7, 11) is 1.77. The predicted molar refractivity (Wildman–Crippen MR) is 90.9 cm³/mol. The Labute approximate surface area is 139 Å². The summed E-state index contributed by atoms with van der Waals surface area (Å²) in [5.74, 6) is 0.0315. The second-order valence-electron chi connectivity index (χ2n) is 5.57. The molecule has 0 aliphatic heterocycles. The van der Waals surface area contributed by atoms with Crippen LogP contribution < -0.4 is 5.32 Å². The molecule has 0 spiro atoms. The van der Waals surface area contributed by atoms with E-state index in [1.54, 1.807) is 48.3 Å². The Bertz CT molecular complexity index is 865. The monoisotopic (exact) mass is 322 g/mol. The van der Waals surface area contributed by atoms with Gasteiger partial charge < -0.3 is 14.5 Å². The minimum Gasteiger partial charge on any atom is -0.342 e. The zero-order valence-corrected chi connectivity index (χ0v) is 13.5. The standard InChI is InChI=1S/C18H18N4O2/c1-13(22-9-3-4-10-22)18(24)20-15-7-5-6-14(12-15)16(23)17-19-8-11-21(17)2/h3-13H,1-2H3,(H,20,24)/t13-/m0/s1. The number of aryl methyl sites for hydroxylation is 1. The molecule has 0 aliphatic rings. The molecule has 0 unspecified atom stereocenters. The summed E-state index contributed by atoms with van der Waals surface area (Å²) in [6, 6.07) is 10.3. The lowest BCUT2D eigenvalue weighted by atomic mass is 10.1. The van der Waals surface area contributed by atoms with Gasteiger partial charge in [0.05, 0.1) is 0 Å². The van der Waals surface area contributed by atoms with E-state index in [2.05, 4.69) is 10.3 Å². The number of hydrogen-bond acceptors (Lipinski definition) is 3. The first kappa shape index (κ1) is 15.7. The van der Waals surface area contributed by atoms with Gasteiger partial charge in [0, 0.05) is 43.1 Å². The Balaban J connectivity index is 1.77. The van der Waals surface area contributed by atoms with E-state index in [0.29, 0.717) is 17.1 Å². The molecule has 122 valence electrons. The maximum atomic E-state index is 12.5. The van der Waals surface area contributed by atoms with Gasteiger partial charge in [-0.1, -0.05) is 12.1 Å². The fourth-order valence-corrected chi connectivity index (χ4v) is 2.44. The van der Waals surface area contributed by atoms with Gasteiger partial charge in [-0.15, -0.1) is 0 Å². The molecule has 0 saturated heterocycles. The van der Waals surface area contributed by atoms with Crippen LogP contribution in [0.3, 0.4) is 0 Å². The number of benzene rings is 1. The van der Waals surface area contributed by atoms with Crippen molar-refractivity contribution in [3.8, 4) is 0 Å². The second kappa shape index (κ2) is 6.54. The highest BCUT2D eigenvalue weighted by atomic mass is 16.2. The quantitative estimate of drug-likeness (QED) is 0.734. The summed E-state index contributed by atoms with van der Waals surface area (Å²) in [4.78, 5) is 28.9. The van der Waals surface area contributed by atoms with Crippen LogP contribution in [-0.2, 0) is 11.8 Å². The molecule has 0 aliphatic carbocycles. The number of ketones is 1. The Hall–Kier alpha value is -3.15. The van der Waals surface area contributed by atoms with Crippen molar-refractivity contribution in [3.63, 3.8) is 0 Å². The topological polar surface area (TPSA) is 68.9 Å². The van der Waals surface area contributed by atoms with Crippen LogP contribution >= 0.6 is 0 Å². The normalized spacial score (nSPS) is 11.9. The van der Waals surface area contributed by atoms with Crippen molar-refractivity contribution < 1.29 is 9.59 Å². The van der Waals surface area contributed by atoms with Crippen LogP contribution in [0.4, 0.5) is 5.69 Å². The molecule has 6 nitrogen and oxygen atoms in total. The van der Waals surface area contributed by atoms with Crippen molar-refractivity contribution in [3.05, 3.63) is 72.6 Å². The van der Waals surface area contributed by atoms with Gasteiger partial charge in [0.2, 0.25) is 11.7 Å².